The largest absolute Gasteiger partial charge is 0.311 e. The van der Waals surface area contributed by atoms with E-state index in [0.717, 1.165) is 11.6 Å². The van der Waals surface area contributed by atoms with Gasteiger partial charge in [0.15, 0.2) is 0 Å². The van der Waals surface area contributed by atoms with Crippen molar-refractivity contribution in [3.63, 3.8) is 0 Å². The van der Waals surface area contributed by atoms with Crippen LogP contribution in [0.25, 0.3) is 0 Å². The van der Waals surface area contributed by atoms with Crippen LogP contribution in [0.15, 0.2) is 0 Å². The summed E-state index contributed by atoms with van der Waals surface area (Å²) in [5.41, 5.74) is 5.24. The predicted molar refractivity (Wildman–Crippen MR) is 24.5 cm³/mol. The molecule has 4 nitrogen and oxygen atoms in total. The summed E-state index contributed by atoms with van der Waals surface area (Å²) in [5.74, 6) is 0. The fraction of sp³-hybridized carbons (Fsp3) is 1.00. The van der Waals surface area contributed by atoms with E-state index in [9.17, 15) is 0 Å². The molecule has 0 aromatic carbocycles. The van der Waals surface area contributed by atoms with Gasteiger partial charge >= 0.3 is 0 Å². The molecule has 1 unspecified atom stereocenters. The van der Waals surface area contributed by atoms with Crippen molar-refractivity contribution < 1.29 is 5.21 Å². The summed E-state index contributed by atoms with van der Waals surface area (Å²) in [7, 11) is 0. The summed E-state index contributed by atoms with van der Waals surface area (Å²) in [6, 6.07) is 0. The van der Waals surface area contributed by atoms with Crippen molar-refractivity contribution in [2.75, 3.05) is 13.1 Å². The van der Waals surface area contributed by atoms with Crippen LogP contribution in [-0.2, 0) is 0 Å². The van der Waals surface area contributed by atoms with E-state index in [2.05, 4.69) is 5.32 Å². The van der Waals surface area contributed by atoms with Gasteiger partial charge in [0, 0.05) is 13.1 Å². The minimum absolute atomic E-state index is 0.347. The molecule has 1 rings (SSSR count). The third-order valence-electron chi connectivity index (χ3n) is 1.02. The SMILES string of the molecule is NC1NCCN1O. The lowest BCUT2D eigenvalue weighted by Crippen LogP contribution is -2.41. The molecule has 4 heteroatoms. The van der Waals surface area contributed by atoms with E-state index in [-0.39, 0.29) is 6.29 Å². The third kappa shape index (κ3) is 0.889. The Kier molecular flexibility index (Phi) is 1.25. The van der Waals surface area contributed by atoms with E-state index in [1.165, 1.54) is 0 Å². The number of rotatable bonds is 0. The highest BCUT2D eigenvalue weighted by Crippen LogP contribution is 1.89. The zero-order chi connectivity index (χ0) is 5.28. The van der Waals surface area contributed by atoms with Crippen LogP contribution in [0, 0.1) is 0 Å². The normalized spacial score (nSPS) is 34.3. The second kappa shape index (κ2) is 1.75. The minimum atomic E-state index is -0.347. The van der Waals surface area contributed by atoms with Gasteiger partial charge in [0.1, 0.15) is 6.29 Å². The molecule has 0 aromatic heterocycles. The Labute approximate surface area is 41.9 Å². The molecule has 7 heavy (non-hydrogen) atoms. The molecule has 1 fully saturated rings. The van der Waals surface area contributed by atoms with Gasteiger partial charge < -0.3 is 10.9 Å². The molecule has 0 spiro atoms. The summed E-state index contributed by atoms with van der Waals surface area (Å²) in [4.78, 5) is 0. The lowest BCUT2D eigenvalue weighted by atomic mass is 10.7. The Morgan fingerprint density at radius 2 is 2.57 bits per heavy atom. The van der Waals surface area contributed by atoms with Crippen LogP contribution in [0.5, 0.6) is 0 Å². The van der Waals surface area contributed by atoms with Gasteiger partial charge in [-0.2, -0.15) is 5.06 Å². The van der Waals surface area contributed by atoms with Crippen LogP contribution in [-0.4, -0.2) is 29.6 Å². The van der Waals surface area contributed by atoms with E-state index in [1.807, 2.05) is 0 Å². The summed E-state index contributed by atoms with van der Waals surface area (Å²) < 4.78 is 0. The van der Waals surface area contributed by atoms with Gasteiger partial charge in [0.2, 0.25) is 0 Å². The van der Waals surface area contributed by atoms with Gasteiger partial charge in [-0.3, -0.25) is 5.32 Å². The monoisotopic (exact) mass is 103 g/mol. The van der Waals surface area contributed by atoms with Crippen molar-refractivity contribution in [3.8, 4) is 0 Å². The molecule has 0 aliphatic carbocycles. The standard InChI is InChI=1S/C3H9N3O/c4-3-5-1-2-6(3)7/h3,5,7H,1-2,4H2. The zero-order valence-electron chi connectivity index (χ0n) is 3.96. The second-order valence-electron chi connectivity index (χ2n) is 1.56. The molecular weight excluding hydrogens is 94.1 g/mol. The van der Waals surface area contributed by atoms with Crippen LogP contribution < -0.4 is 11.1 Å². The number of nitrogens with one attached hydrogen (secondary N) is 1. The van der Waals surface area contributed by atoms with E-state index in [1.54, 1.807) is 0 Å². The van der Waals surface area contributed by atoms with Crippen molar-refractivity contribution in [1.82, 2.24) is 10.4 Å². The van der Waals surface area contributed by atoms with Crippen LogP contribution in [0.2, 0.25) is 0 Å². The van der Waals surface area contributed by atoms with Crippen LogP contribution in [0.4, 0.5) is 0 Å². The molecule has 0 bridgehead atoms. The fourth-order valence-electron chi connectivity index (χ4n) is 0.571. The molecule has 1 saturated heterocycles. The molecule has 42 valence electrons. The van der Waals surface area contributed by atoms with Gasteiger partial charge in [-0.05, 0) is 0 Å². The van der Waals surface area contributed by atoms with Gasteiger partial charge in [-0.15, -0.1) is 0 Å². The van der Waals surface area contributed by atoms with E-state index in [4.69, 9.17) is 10.9 Å². The smallest absolute Gasteiger partial charge is 0.134 e. The maximum atomic E-state index is 8.64. The Bertz CT molecular complexity index is 59.2. The predicted octanol–water partition coefficient (Wildman–Crippen LogP) is -1.48. The van der Waals surface area contributed by atoms with Crippen LogP contribution in [0.1, 0.15) is 0 Å². The number of hydrogen-bond donors (Lipinski definition) is 3. The lowest BCUT2D eigenvalue weighted by Gasteiger charge is -2.09. The number of nitrogens with zero attached hydrogens (tertiary/aromatic N) is 1. The molecule has 0 radical (unpaired) electrons. The highest BCUT2D eigenvalue weighted by atomic mass is 16.5. The summed E-state index contributed by atoms with van der Waals surface area (Å²) in [6.45, 7) is 1.40. The Morgan fingerprint density at radius 1 is 1.86 bits per heavy atom. The highest BCUT2D eigenvalue weighted by molar-refractivity contribution is 4.63. The first-order valence-electron chi connectivity index (χ1n) is 2.25. The van der Waals surface area contributed by atoms with Crippen molar-refractivity contribution in [3.05, 3.63) is 0 Å². The number of nitrogens with two attached hydrogens (primary N) is 1. The van der Waals surface area contributed by atoms with Gasteiger partial charge in [-0.25, -0.2) is 0 Å². The highest BCUT2D eigenvalue weighted by Gasteiger charge is 2.15. The van der Waals surface area contributed by atoms with E-state index < -0.39 is 0 Å². The third-order valence-corrected chi connectivity index (χ3v) is 1.02. The van der Waals surface area contributed by atoms with Crippen molar-refractivity contribution in [1.29, 1.82) is 0 Å². The van der Waals surface area contributed by atoms with E-state index >= 15 is 0 Å². The molecule has 1 atom stereocenters. The van der Waals surface area contributed by atoms with Crippen molar-refractivity contribution in [2.45, 2.75) is 6.29 Å². The molecule has 0 saturated carbocycles. The number of hydroxylamine groups is 2. The zero-order valence-corrected chi connectivity index (χ0v) is 3.96. The summed E-state index contributed by atoms with van der Waals surface area (Å²) >= 11 is 0. The average molecular weight is 103 g/mol. The quantitative estimate of drug-likeness (QED) is 0.350. The Hall–Kier alpha value is -0.160. The molecule has 1 aliphatic heterocycles. The van der Waals surface area contributed by atoms with Crippen molar-refractivity contribution in [2.24, 2.45) is 5.73 Å². The molecule has 1 aliphatic rings. The second-order valence-corrected chi connectivity index (χ2v) is 1.56. The Morgan fingerprint density at radius 3 is 2.71 bits per heavy atom. The molecular formula is C3H9N3O. The molecule has 1 heterocycles. The summed E-state index contributed by atoms with van der Waals surface area (Å²) in [6.07, 6.45) is -0.347. The lowest BCUT2D eigenvalue weighted by molar-refractivity contribution is -0.103. The first kappa shape index (κ1) is 4.99. The van der Waals surface area contributed by atoms with Gasteiger partial charge in [-0.1, -0.05) is 0 Å². The molecule has 0 aromatic rings. The maximum absolute atomic E-state index is 8.64. The first-order chi connectivity index (χ1) is 3.30. The minimum Gasteiger partial charge on any atom is -0.311 e. The van der Waals surface area contributed by atoms with Crippen LogP contribution in [0.3, 0.4) is 0 Å². The van der Waals surface area contributed by atoms with Gasteiger partial charge in [0.05, 0.1) is 0 Å². The fourth-order valence-corrected chi connectivity index (χ4v) is 0.571. The first-order valence-corrected chi connectivity index (χ1v) is 2.25. The van der Waals surface area contributed by atoms with E-state index in [0.29, 0.717) is 6.54 Å². The number of hydrogen-bond acceptors (Lipinski definition) is 4. The Balaban J connectivity index is 2.33. The molecule has 4 N–H and O–H groups in total. The topological polar surface area (TPSA) is 61.5 Å². The van der Waals surface area contributed by atoms with Gasteiger partial charge in [0.25, 0.3) is 0 Å². The van der Waals surface area contributed by atoms with Crippen LogP contribution >= 0.6 is 0 Å². The molecule has 0 amide bonds. The van der Waals surface area contributed by atoms with Crippen molar-refractivity contribution >= 4 is 0 Å². The summed E-state index contributed by atoms with van der Waals surface area (Å²) in [5, 5.41) is 12.5. The average Bonchev–Trinajstić information content (AvgIpc) is 1.91. The maximum Gasteiger partial charge on any atom is 0.134 e.